The quantitative estimate of drug-likeness (QED) is 0.582. The molecule has 94 valence electrons. The first kappa shape index (κ1) is 13.4. The van der Waals surface area contributed by atoms with Gasteiger partial charge in [0.25, 0.3) is 0 Å². The van der Waals surface area contributed by atoms with E-state index in [0.29, 0.717) is 19.0 Å². The predicted octanol–water partition coefficient (Wildman–Crippen LogP) is 0.863. The lowest BCUT2D eigenvalue weighted by Crippen LogP contribution is -2.18. The number of nitrogens with one attached hydrogen (secondary N) is 2. The van der Waals surface area contributed by atoms with Crippen molar-refractivity contribution in [1.29, 1.82) is 0 Å². The highest BCUT2D eigenvalue weighted by molar-refractivity contribution is 5.66. The predicted molar refractivity (Wildman–Crippen MR) is 64.8 cm³/mol. The first-order valence-electron chi connectivity index (χ1n) is 5.69. The van der Waals surface area contributed by atoms with E-state index < -0.39 is 5.97 Å². The Hall–Kier alpha value is -1.69. The molecule has 1 heterocycles. The minimum atomic E-state index is -0.798. The summed E-state index contributed by atoms with van der Waals surface area (Å²) >= 11 is 0. The van der Waals surface area contributed by atoms with Crippen LogP contribution in [0, 0.1) is 0 Å². The van der Waals surface area contributed by atoms with Crippen LogP contribution >= 0.6 is 0 Å². The summed E-state index contributed by atoms with van der Waals surface area (Å²) in [6, 6.07) is 0. The summed E-state index contributed by atoms with van der Waals surface area (Å²) in [6.45, 7) is 3.97. The molecule has 0 radical (unpaired) electrons. The molecule has 6 heteroatoms. The van der Waals surface area contributed by atoms with E-state index in [1.54, 1.807) is 12.4 Å². The Morgan fingerprint density at radius 1 is 1.35 bits per heavy atom. The zero-order chi connectivity index (χ0) is 12.5. The number of carboxylic acid groups (broad SMARTS) is 1. The fourth-order valence-electron chi connectivity index (χ4n) is 1.20. The second-order valence-electron chi connectivity index (χ2n) is 3.66. The van der Waals surface area contributed by atoms with Crippen LogP contribution < -0.4 is 10.6 Å². The van der Waals surface area contributed by atoms with Crippen molar-refractivity contribution in [3.8, 4) is 0 Å². The fourth-order valence-corrected chi connectivity index (χ4v) is 1.20. The molecule has 6 nitrogen and oxygen atoms in total. The summed E-state index contributed by atoms with van der Waals surface area (Å²) in [6.07, 6.45) is 4.62. The van der Waals surface area contributed by atoms with Crippen LogP contribution in [-0.4, -0.2) is 34.1 Å². The summed E-state index contributed by atoms with van der Waals surface area (Å²) in [4.78, 5) is 18.6. The molecule has 0 aromatic carbocycles. The van der Waals surface area contributed by atoms with E-state index in [1.165, 1.54) is 0 Å². The second kappa shape index (κ2) is 7.56. The van der Waals surface area contributed by atoms with Gasteiger partial charge in [0.05, 0.1) is 6.42 Å². The van der Waals surface area contributed by atoms with Gasteiger partial charge in [-0.3, -0.25) is 4.79 Å². The number of rotatable bonds is 8. The van der Waals surface area contributed by atoms with Crippen molar-refractivity contribution >= 4 is 11.9 Å². The Kier molecular flexibility index (Phi) is 5.95. The molecule has 0 bridgehead atoms. The summed E-state index contributed by atoms with van der Waals surface area (Å²) in [5.41, 5.74) is 0.942. The van der Waals surface area contributed by atoms with Gasteiger partial charge in [-0.1, -0.05) is 6.92 Å². The number of hydrogen-bond acceptors (Lipinski definition) is 5. The maximum Gasteiger partial charge on any atom is 0.304 e. The highest BCUT2D eigenvalue weighted by atomic mass is 16.4. The van der Waals surface area contributed by atoms with E-state index in [4.69, 9.17) is 5.11 Å². The molecule has 0 aliphatic heterocycles. The maximum absolute atomic E-state index is 10.3. The van der Waals surface area contributed by atoms with Gasteiger partial charge in [-0.25, -0.2) is 9.97 Å². The van der Waals surface area contributed by atoms with Crippen LogP contribution in [0.1, 0.15) is 25.3 Å². The lowest BCUT2D eigenvalue weighted by Gasteiger charge is -2.05. The van der Waals surface area contributed by atoms with Gasteiger partial charge in [-0.05, 0) is 6.42 Å². The Balaban J connectivity index is 2.27. The Labute approximate surface area is 100 Å². The molecule has 1 rings (SSSR count). The first-order valence-corrected chi connectivity index (χ1v) is 5.69. The fraction of sp³-hybridized carbons (Fsp3) is 0.545. The molecule has 0 atom stereocenters. The lowest BCUT2D eigenvalue weighted by atomic mass is 10.3. The largest absolute Gasteiger partial charge is 0.481 e. The number of aromatic nitrogens is 2. The maximum atomic E-state index is 10.3. The van der Waals surface area contributed by atoms with Crippen LogP contribution in [-0.2, 0) is 11.3 Å². The van der Waals surface area contributed by atoms with Crippen LogP contribution in [0.5, 0.6) is 0 Å². The normalized spacial score (nSPS) is 10.2. The number of carbonyl (C=O) groups is 1. The molecule has 1 aromatic heterocycles. The van der Waals surface area contributed by atoms with Crippen LogP contribution in [0.3, 0.4) is 0 Å². The van der Waals surface area contributed by atoms with E-state index in [-0.39, 0.29) is 6.42 Å². The van der Waals surface area contributed by atoms with Gasteiger partial charge in [0, 0.05) is 37.6 Å². The van der Waals surface area contributed by atoms with Crippen LogP contribution in [0.4, 0.5) is 5.95 Å². The SMILES string of the molecule is CCCNc1ncc(CNCCC(=O)O)cn1. The molecule has 0 unspecified atom stereocenters. The van der Waals surface area contributed by atoms with Gasteiger partial charge in [0.15, 0.2) is 0 Å². The average molecular weight is 238 g/mol. The molecule has 17 heavy (non-hydrogen) atoms. The summed E-state index contributed by atoms with van der Waals surface area (Å²) < 4.78 is 0. The molecular weight excluding hydrogens is 220 g/mol. The highest BCUT2D eigenvalue weighted by Crippen LogP contribution is 2.00. The number of carboxylic acids is 1. The van der Waals surface area contributed by atoms with Gasteiger partial charge >= 0.3 is 5.97 Å². The van der Waals surface area contributed by atoms with Crippen LogP contribution in [0.15, 0.2) is 12.4 Å². The minimum Gasteiger partial charge on any atom is -0.481 e. The highest BCUT2D eigenvalue weighted by Gasteiger charge is 1.98. The van der Waals surface area contributed by atoms with Gasteiger partial charge < -0.3 is 15.7 Å². The summed E-state index contributed by atoms with van der Waals surface area (Å²) in [7, 11) is 0. The van der Waals surface area contributed by atoms with Crippen molar-refractivity contribution in [1.82, 2.24) is 15.3 Å². The average Bonchev–Trinajstić information content (AvgIpc) is 2.33. The molecule has 0 saturated heterocycles. The third kappa shape index (κ3) is 5.82. The number of aliphatic carboxylic acids is 1. The second-order valence-corrected chi connectivity index (χ2v) is 3.66. The van der Waals surface area contributed by atoms with Crippen LogP contribution in [0.2, 0.25) is 0 Å². The topological polar surface area (TPSA) is 87.1 Å². The molecule has 0 amide bonds. The summed E-state index contributed by atoms with van der Waals surface area (Å²) in [5, 5.41) is 14.6. The number of hydrogen-bond donors (Lipinski definition) is 3. The Bertz CT molecular complexity index is 340. The Morgan fingerprint density at radius 3 is 2.65 bits per heavy atom. The van der Waals surface area contributed by atoms with Crippen molar-refractivity contribution in [3.63, 3.8) is 0 Å². The molecule has 0 spiro atoms. The third-order valence-corrected chi connectivity index (χ3v) is 2.08. The molecule has 0 aliphatic rings. The standard InChI is InChI=1S/C11H18N4O2/c1-2-4-13-11-14-7-9(8-15-11)6-12-5-3-10(16)17/h7-8,12H,2-6H2,1H3,(H,16,17)(H,13,14,15). The van der Waals surface area contributed by atoms with Crippen molar-refractivity contribution in [2.75, 3.05) is 18.4 Å². The zero-order valence-electron chi connectivity index (χ0n) is 9.94. The first-order chi connectivity index (χ1) is 8.22. The zero-order valence-corrected chi connectivity index (χ0v) is 9.94. The van der Waals surface area contributed by atoms with Gasteiger partial charge in [-0.2, -0.15) is 0 Å². The minimum absolute atomic E-state index is 0.122. The number of anilines is 1. The Morgan fingerprint density at radius 2 is 2.06 bits per heavy atom. The third-order valence-electron chi connectivity index (χ3n) is 2.08. The molecular formula is C11H18N4O2. The monoisotopic (exact) mass is 238 g/mol. The van der Waals surface area contributed by atoms with E-state index in [9.17, 15) is 4.79 Å². The molecule has 0 saturated carbocycles. The van der Waals surface area contributed by atoms with Gasteiger partial charge in [-0.15, -0.1) is 0 Å². The van der Waals surface area contributed by atoms with E-state index in [2.05, 4.69) is 27.5 Å². The van der Waals surface area contributed by atoms with Crippen molar-refractivity contribution in [3.05, 3.63) is 18.0 Å². The smallest absolute Gasteiger partial charge is 0.304 e. The molecule has 3 N–H and O–H groups in total. The van der Waals surface area contributed by atoms with Gasteiger partial charge in [0.1, 0.15) is 0 Å². The van der Waals surface area contributed by atoms with Crippen molar-refractivity contribution in [2.45, 2.75) is 26.3 Å². The molecule has 0 aliphatic carbocycles. The molecule has 0 fully saturated rings. The van der Waals surface area contributed by atoms with Gasteiger partial charge in [0.2, 0.25) is 5.95 Å². The summed E-state index contributed by atoms with van der Waals surface area (Å²) in [5.74, 6) is -0.172. The van der Waals surface area contributed by atoms with E-state index in [1.807, 2.05) is 0 Å². The van der Waals surface area contributed by atoms with Crippen LogP contribution in [0.25, 0.3) is 0 Å². The van der Waals surface area contributed by atoms with Crippen molar-refractivity contribution < 1.29 is 9.90 Å². The van der Waals surface area contributed by atoms with Crippen molar-refractivity contribution in [2.24, 2.45) is 0 Å². The number of nitrogens with zero attached hydrogens (tertiary/aromatic N) is 2. The molecule has 1 aromatic rings. The van der Waals surface area contributed by atoms with E-state index in [0.717, 1.165) is 18.5 Å². The van der Waals surface area contributed by atoms with E-state index >= 15 is 0 Å². The lowest BCUT2D eigenvalue weighted by molar-refractivity contribution is -0.136.